The lowest BCUT2D eigenvalue weighted by atomic mass is 9.89. The molecule has 2 aromatic carbocycles. The fraction of sp³-hybridized carbons (Fsp3) is 0.400. The van der Waals surface area contributed by atoms with Gasteiger partial charge >= 0.3 is 0 Å². The van der Waals surface area contributed by atoms with Gasteiger partial charge in [-0.05, 0) is 56.1 Å². The van der Waals surface area contributed by atoms with Crippen LogP contribution in [0.15, 0.2) is 48.5 Å². The van der Waals surface area contributed by atoms with Gasteiger partial charge in [0.2, 0.25) is 0 Å². The Kier molecular flexibility index (Phi) is 5.62. The number of benzene rings is 2. The second kappa shape index (κ2) is 7.46. The standard InChI is InChI=1S/C20H27NO/c1-15(17-9-7-6-8-10-17)14-19(21(3)4)18-11-12-20(22-5)16(2)13-18/h6-13,15,19H,14H2,1-5H3. The molecule has 0 aliphatic carbocycles. The van der Waals surface area contributed by atoms with Gasteiger partial charge in [0.05, 0.1) is 7.11 Å². The minimum absolute atomic E-state index is 0.403. The van der Waals surface area contributed by atoms with Crippen LogP contribution in [0.5, 0.6) is 5.75 Å². The van der Waals surface area contributed by atoms with Crippen molar-refractivity contribution in [2.45, 2.75) is 32.2 Å². The van der Waals surface area contributed by atoms with Crippen molar-refractivity contribution in [3.8, 4) is 5.75 Å². The van der Waals surface area contributed by atoms with Gasteiger partial charge in [0.15, 0.2) is 0 Å². The number of rotatable bonds is 6. The number of aryl methyl sites for hydroxylation is 1. The Labute approximate surface area is 134 Å². The van der Waals surface area contributed by atoms with Gasteiger partial charge in [-0.3, -0.25) is 0 Å². The molecule has 118 valence electrons. The van der Waals surface area contributed by atoms with E-state index in [2.05, 4.69) is 81.4 Å². The molecule has 0 N–H and O–H groups in total. The fourth-order valence-electron chi connectivity index (χ4n) is 3.01. The first-order valence-corrected chi connectivity index (χ1v) is 7.88. The Balaban J connectivity index is 2.22. The van der Waals surface area contributed by atoms with E-state index in [4.69, 9.17) is 4.74 Å². The highest BCUT2D eigenvalue weighted by atomic mass is 16.5. The van der Waals surface area contributed by atoms with Crippen molar-refractivity contribution in [2.24, 2.45) is 0 Å². The van der Waals surface area contributed by atoms with Crippen LogP contribution in [0, 0.1) is 6.92 Å². The van der Waals surface area contributed by atoms with Gasteiger partial charge < -0.3 is 9.64 Å². The third-order valence-corrected chi connectivity index (χ3v) is 4.37. The monoisotopic (exact) mass is 297 g/mol. The molecule has 0 heterocycles. The summed E-state index contributed by atoms with van der Waals surface area (Å²) < 4.78 is 5.38. The number of methoxy groups -OCH3 is 1. The van der Waals surface area contributed by atoms with Gasteiger partial charge in [0.1, 0.15) is 5.75 Å². The van der Waals surface area contributed by atoms with Crippen molar-refractivity contribution in [3.63, 3.8) is 0 Å². The molecule has 0 aliphatic heterocycles. The Morgan fingerprint density at radius 1 is 1.00 bits per heavy atom. The van der Waals surface area contributed by atoms with Crippen molar-refractivity contribution in [2.75, 3.05) is 21.2 Å². The van der Waals surface area contributed by atoms with Crippen LogP contribution in [0.1, 0.15) is 42.0 Å². The molecule has 0 aliphatic rings. The quantitative estimate of drug-likeness (QED) is 0.759. The van der Waals surface area contributed by atoms with Gasteiger partial charge in [-0.25, -0.2) is 0 Å². The molecule has 0 aromatic heterocycles. The highest BCUT2D eigenvalue weighted by molar-refractivity contribution is 5.37. The van der Waals surface area contributed by atoms with E-state index in [0.29, 0.717) is 12.0 Å². The minimum Gasteiger partial charge on any atom is -0.496 e. The zero-order chi connectivity index (χ0) is 16.1. The van der Waals surface area contributed by atoms with Gasteiger partial charge in [-0.2, -0.15) is 0 Å². The fourth-order valence-corrected chi connectivity index (χ4v) is 3.01. The van der Waals surface area contributed by atoms with Crippen molar-refractivity contribution >= 4 is 0 Å². The van der Waals surface area contributed by atoms with Gasteiger partial charge in [0.25, 0.3) is 0 Å². The molecule has 0 bridgehead atoms. The Hall–Kier alpha value is -1.80. The van der Waals surface area contributed by atoms with E-state index in [9.17, 15) is 0 Å². The summed E-state index contributed by atoms with van der Waals surface area (Å²) >= 11 is 0. The first-order valence-electron chi connectivity index (χ1n) is 7.88. The predicted molar refractivity (Wildman–Crippen MR) is 93.6 cm³/mol. The normalized spacial score (nSPS) is 13.9. The molecule has 0 fully saturated rings. The molecule has 2 unspecified atom stereocenters. The maximum absolute atomic E-state index is 5.38. The lowest BCUT2D eigenvalue weighted by Gasteiger charge is -2.28. The summed E-state index contributed by atoms with van der Waals surface area (Å²) in [7, 11) is 6.03. The van der Waals surface area contributed by atoms with E-state index in [1.54, 1.807) is 7.11 Å². The van der Waals surface area contributed by atoms with E-state index in [1.807, 2.05) is 0 Å². The third-order valence-electron chi connectivity index (χ3n) is 4.37. The molecule has 0 saturated carbocycles. The van der Waals surface area contributed by atoms with Gasteiger partial charge in [-0.15, -0.1) is 0 Å². The zero-order valence-corrected chi connectivity index (χ0v) is 14.3. The van der Waals surface area contributed by atoms with Crippen molar-refractivity contribution < 1.29 is 4.74 Å². The highest BCUT2D eigenvalue weighted by Crippen LogP contribution is 2.32. The summed E-state index contributed by atoms with van der Waals surface area (Å²) in [5.41, 5.74) is 3.95. The predicted octanol–water partition coefficient (Wildman–Crippen LogP) is 4.80. The molecule has 2 nitrogen and oxygen atoms in total. The lowest BCUT2D eigenvalue weighted by Crippen LogP contribution is -2.21. The second-order valence-corrected chi connectivity index (χ2v) is 6.26. The van der Waals surface area contributed by atoms with E-state index in [0.717, 1.165) is 12.2 Å². The molecule has 2 rings (SSSR count). The van der Waals surface area contributed by atoms with Crippen LogP contribution >= 0.6 is 0 Å². The number of hydrogen-bond donors (Lipinski definition) is 0. The largest absolute Gasteiger partial charge is 0.496 e. The summed E-state index contributed by atoms with van der Waals surface area (Å²) in [6.45, 7) is 4.41. The number of nitrogens with zero attached hydrogens (tertiary/aromatic N) is 1. The SMILES string of the molecule is COc1ccc(C(CC(C)c2ccccc2)N(C)C)cc1C. The lowest BCUT2D eigenvalue weighted by molar-refractivity contribution is 0.271. The van der Waals surface area contributed by atoms with Gasteiger partial charge in [0, 0.05) is 6.04 Å². The van der Waals surface area contributed by atoms with E-state index < -0.39 is 0 Å². The Morgan fingerprint density at radius 3 is 2.23 bits per heavy atom. The van der Waals surface area contributed by atoms with Crippen LogP contribution < -0.4 is 4.74 Å². The summed E-state index contributed by atoms with van der Waals surface area (Å²) in [6, 6.07) is 17.7. The Bertz CT molecular complexity index is 592. The molecular weight excluding hydrogens is 270 g/mol. The molecule has 0 saturated heterocycles. The summed E-state index contributed by atoms with van der Waals surface area (Å²) in [5, 5.41) is 0. The Morgan fingerprint density at radius 2 is 1.68 bits per heavy atom. The average Bonchev–Trinajstić information content (AvgIpc) is 2.52. The third kappa shape index (κ3) is 3.89. The number of ether oxygens (including phenoxy) is 1. The summed E-state index contributed by atoms with van der Waals surface area (Å²) in [4.78, 5) is 2.31. The average molecular weight is 297 g/mol. The smallest absolute Gasteiger partial charge is 0.121 e. The van der Waals surface area contributed by atoms with Crippen molar-refractivity contribution in [1.29, 1.82) is 0 Å². The first kappa shape index (κ1) is 16.6. The molecule has 2 aromatic rings. The maximum Gasteiger partial charge on any atom is 0.121 e. The molecular formula is C20H27NO. The van der Waals surface area contributed by atoms with E-state index >= 15 is 0 Å². The van der Waals surface area contributed by atoms with E-state index in [-0.39, 0.29) is 0 Å². The van der Waals surface area contributed by atoms with Crippen LogP contribution in [0.3, 0.4) is 0 Å². The molecule has 0 spiro atoms. The summed E-state index contributed by atoms with van der Waals surface area (Å²) in [5.74, 6) is 1.48. The van der Waals surface area contributed by atoms with Crippen LogP contribution in [0.4, 0.5) is 0 Å². The topological polar surface area (TPSA) is 12.5 Å². The zero-order valence-electron chi connectivity index (χ0n) is 14.3. The van der Waals surface area contributed by atoms with E-state index in [1.165, 1.54) is 16.7 Å². The molecule has 22 heavy (non-hydrogen) atoms. The maximum atomic E-state index is 5.38. The van der Waals surface area contributed by atoms with Crippen molar-refractivity contribution in [3.05, 3.63) is 65.2 Å². The van der Waals surface area contributed by atoms with Crippen LogP contribution in [0.25, 0.3) is 0 Å². The van der Waals surface area contributed by atoms with Gasteiger partial charge in [-0.1, -0.05) is 49.4 Å². The minimum atomic E-state index is 0.403. The van der Waals surface area contributed by atoms with Crippen LogP contribution in [0.2, 0.25) is 0 Å². The van der Waals surface area contributed by atoms with Crippen molar-refractivity contribution in [1.82, 2.24) is 4.90 Å². The highest BCUT2D eigenvalue weighted by Gasteiger charge is 2.19. The van der Waals surface area contributed by atoms with Crippen LogP contribution in [-0.2, 0) is 0 Å². The molecule has 0 radical (unpaired) electrons. The first-order chi connectivity index (χ1) is 10.5. The number of hydrogen-bond acceptors (Lipinski definition) is 2. The molecule has 2 atom stereocenters. The van der Waals surface area contributed by atoms with Crippen LogP contribution in [-0.4, -0.2) is 26.1 Å². The molecule has 0 amide bonds. The molecule has 2 heteroatoms. The second-order valence-electron chi connectivity index (χ2n) is 6.26. The summed E-state index contributed by atoms with van der Waals surface area (Å²) in [6.07, 6.45) is 1.10.